The Balaban J connectivity index is 1.40. The molecule has 2 fully saturated rings. The fourth-order valence-corrected chi connectivity index (χ4v) is 5.68. The normalized spacial score (nSPS) is 21.8. The molecule has 218 valence electrons. The van der Waals surface area contributed by atoms with E-state index in [0.717, 1.165) is 5.56 Å². The number of halogens is 1. The summed E-state index contributed by atoms with van der Waals surface area (Å²) in [5, 5.41) is 0. The average Bonchev–Trinajstić information content (AvgIpc) is 3.26. The molecule has 0 aliphatic carbocycles. The van der Waals surface area contributed by atoms with Crippen LogP contribution in [0.2, 0.25) is 0 Å². The Hall–Kier alpha value is -4.15. The number of hydrogen-bond donors (Lipinski definition) is 1. The van der Waals surface area contributed by atoms with E-state index in [1.807, 2.05) is 0 Å². The second-order valence-electron chi connectivity index (χ2n) is 11.6. The molecule has 2 aromatic carbocycles. The number of nitrogens with one attached hydrogen (secondary N) is 1. The van der Waals surface area contributed by atoms with Gasteiger partial charge in [-0.15, -0.1) is 0 Å². The molecule has 11 heteroatoms. The van der Waals surface area contributed by atoms with E-state index in [4.69, 9.17) is 9.47 Å². The van der Waals surface area contributed by atoms with Gasteiger partial charge in [-0.2, -0.15) is 0 Å². The Bertz CT molecular complexity index is 1520. The van der Waals surface area contributed by atoms with E-state index in [1.165, 1.54) is 14.4 Å². The number of methoxy groups -OCH3 is 1. The van der Waals surface area contributed by atoms with Crippen LogP contribution in [0.3, 0.4) is 0 Å². The van der Waals surface area contributed by atoms with Gasteiger partial charge in [-0.1, -0.05) is 24.3 Å². The number of amides is 3. The fraction of sp³-hybridized carbons (Fsp3) is 0.467. The molecule has 0 radical (unpaired) electrons. The summed E-state index contributed by atoms with van der Waals surface area (Å²) >= 11 is 0. The van der Waals surface area contributed by atoms with Crippen LogP contribution in [-0.2, 0) is 20.9 Å². The molecule has 1 unspecified atom stereocenters. The number of piperidine rings is 2. The molecule has 41 heavy (non-hydrogen) atoms. The topological polar surface area (TPSA) is 114 Å². The number of carbonyl (C=O) groups is 3. The molecule has 3 aromatic rings. The van der Waals surface area contributed by atoms with Crippen LogP contribution < -0.4 is 10.4 Å². The number of fused-ring (bicyclic) bond motifs is 1. The standard InChI is InChI=1S/C30H35FN4O6/c1-30(2,3)41-29(39)33-15-14-20(22(31)17-33)21-6-5-7-23-26(21)32-28(38)35(23)24-12-13-25(36)34(27(24)37)16-18-8-10-19(40-4)11-9-18/h5-11,20,22,24H,12-17H2,1-4H3,(H,32,38)/t20-,22+,24?/m1/s1. The van der Waals surface area contributed by atoms with Gasteiger partial charge in [0.25, 0.3) is 5.91 Å². The van der Waals surface area contributed by atoms with Gasteiger partial charge < -0.3 is 19.4 Å². The van der Waals surface area contributed by atoms with Crippen LogP contribution in [0.25, 0.3) is 11.0 Å². The zero-order valence-electron chi connectivity index (χ0n) is 23.7. The minimum atomic E-state index is -1.37. The zero-order chi connectivity index (χ0) is 29.5. The molecule has 5 rings (SSSR count). The van der Waals surface area contributed by atoms with Crippen molar-refractivity contribution in [3.05, 3.63) is 64.1 Å². The zero-order valence-corrected chi connectivity index (χ0v) is 23.7. The van der Waals surface area contributed by atoms with Crippen LogP contribution in [0.4, 0.5) is 9.18 Å². The molecule has 0 spiro atoms. The number of imidazole rings is 1. The van der Waals surface area contributed by atoms with Crippen molar-refractivity contribution in [3.63, 3.8) is 0 Å². The van der Waals surface area contributed by atoms with Gasteiger partial charge in [0, 0.05) is 18.9 Å². The third kappa shape index (κ3) is 5.71. The van der Waals surface area contributed by atoms with Gasteiger partial charge in [0.1, 0.15) is 23.6 Å². The van der Waals surface area contributed by atoms with Crippen molar-refractivity contribution in [2.24, 2.45) is 0 Å². The van der Waals surface area contributed by atoms with E-state index in [1.54, 1.807) is 70.3 Å². The minimum Gasteiger partial charge on any atom is -0.497 e. The summed E-state index contributed by atoms with van der Waals surface area (Å²) < 4.78 is 27.5. The molecular weight excluding hydrogens is 531 g/mol. The molecular formula is C30H35FN4O6. The van der Waals surface area contributed by atoms with Gasteiger partial charge in [0.2, 0.25) is 5.91 Å². The highest BCUT2D eigenvalue weighted by Gasteiger charge is 2.39. The lowest BCUT2D eigenvalue weighted by Crippen LogP contribution is -2.46. The van der Waals surface area contributed by atoms with Crippen molar-refractivity contribution in [2.75, 3.05) is 20.2 Å². The van der Waals surface area contributed by atoms with Gasteiger partial charge in [-0.3, -0.25) is 19.1 Å². The molecule has 3 amide bonds. The molecule has 10 nitrogen and oxygen atoms in total. The summed E-state index contributed by atoms with van der Waals surface area (Å²) in [5.41, 5.74) is 1.14. The van der Waals surface area contributed by atoms with E-state index < -0.39 is 41.4 Å². The maximum Gasteiger partial charge on any atom is 0.410 e. The summed E-state index contributed by atoms with van der Waals surface area (Å²) in [6.07, 6.45) is -1.28. The number of benzene rings is 2. The van der Waals surface area contributed by atoms with Crippen LogP contribution in [0.15, 0.2) is 47.3 Å². The quantitative estimate of drug-likeness (QED) is 0.461. The van der Waals surface area contributed by atoms with Crippen molar-refractivity contribution < 1.29 is 28.2 Å². The predicted octanol–water partition coefficient (Wildman–Crippen LogP) is 4.29. The minimum absolute atomic E-state index is 0.0836. The highest BCUT2D eigenvalue weighted by molar-refractivity contribution is 6.00. The van der Waals surface area contributed by atoms with E-state index in [0.29, 0.717) is 35.3 Å². The molecule has 1 N–H and O–H groups in total. The van der Waals surface area contributed by atoms with Crippen LogP contribution in [0.5, 0.6) is 5.75 Å². The molecule has 0 saturated carbocycles. The number of nitrogens with zero attached hydrogens (tertiary/aromatic N) is 3. The van der Waals surface area contributed by atoms with E-state index in [-0.39, 0.29) is 31.8 Å². The smallest absolute Gasteiger partial charge is 0.410 e. The van der Waals surface area contributed by atoms with E-state index >= 15 is 4.39 Å². The highest BCUT2D eigenvalue weighted by atomic mass is 19.1. The Labute approximate surface area is 237 Å². The van der Waals surface area contributed by atoms with E-state index in [9.17, 15) is 19.2 Å². The molecule has 1 aromatic heterocycles. The molecule has 3 atom stereocenters. The fourth-order valence-electron chi connectivity index (χ4n) is 5.68. The first-order chi connectivity index (χ1) is 19.5. The molecule has 2 aliphatic rings. The Morgan fingerprint density at radius 1 is 1.07 bits per heavy atom. The molecule has 2 aliphatic heterocycles. The van der Waals surface area contributed by atoms with Crippen molar-refractivity contribution in [1.29, 1.82) is 0 Å². The van der Waals surface area contributed by atoms with Gasteiger partial charge in [-0.25, -0.2) is 14.0 Å². The number of likely N-dealkylation sites (tertiary alicyclic amines) is 2. The number of rotatable bonds is 5. The maximum absolute atomic E-state index is 15.5. The largest absolute Gasteiger partial charge is 0.497 e. The first-order valence-electron chi connectivity index (χ1n) is 13.8. The van der Waals surface area contributed by atoms with Gasteiger partial charge in [-0.05, 0) is 62.9 Å². The number of aromatic amines is 1. The molecule has 2 saturated heterocycles. The Morgan fingerprint density at radius 2 is 1.80 bits per heavy atom. The monoisotopic (exact) mass is 566 g/mol. The van der Waals surface area contributed by atoms with Gasteiger partial charge >= 0.3 is 11.8 Å². The summed E-state index contributed by atoms with van der Waals surface area (Å²) in [6, 6.07) is 11.4. The first-order valence-corrected chi connectivity index (χ1v) is 13.8. The van der Waals surface area contributed by atoms with Gasteiger partial charge in [0.15, 0.2) is 0 Å². The lowest BCUT2D eigenvalue weighted by atomic mass is 9.87. The highest BCUT2D eigenvalue weighted by Crippen LogP contribution is 2.36. The van der Waals surface area contributed by atoms with Crippen molar-refractivity contribution in [2.45, 2.75) is 70.3 Å². The third-order valence-corrected chi connectivity index (χ3v) is 7.67. The average molecular weight is 567 g/mol. The molecule has 3 heterocycles. The first kappa shape index (κ1) is 28.4. The van der Waals surface area contributed by atoms with Crippen molar-refractivity contribution in [1.82, 2.24) is 19.4 Å². The Morgan fingerprint density at radius 3 is 2.46 bits per heavy atom. The number of ether oxygens (including phenoxy) is 2. The third-order valence-electron chi connectivity index (χ3n) is 7.67. The number of alkyl halides is 1. The second-order valence-corrected chi connectivity index (χ2v) is 11.6. The lowest BCUT2D eigenvalue weighted by Gasteiger charge is -2.36. The summed E-state index contributed by atoms with van der Waals surface area (Å²) in [6.45, 7) is 5.56. The number of aromatic nitrogens is 2. The number of hydrogen-bond acceptors (Lipinski definition) is 6. The van der Waals surface area contributed by atoms with E-state index in [2.05, 4.69) is 4.98 Å². The van der Waals surface area contributed by atoms with Crippen LogP contribution >= 0.6 is 0 Å². The van der Waals surface area contributed by atoms with Crippen LogP contribution in [0, 0.1) is 0 Å². The maximum atomic E-state index is 15.5. The SMILES string of the molecule is COc1ccc(CN2C(=O)CCC(n3c(=O)[nH]c4c([C@H]5CCN(C(=O)OC(C)(C)C)C[C@@H]5F)cccc43)C2=O)cc1. The molecule has 0 bridgehead atoms. The predicted molar refractivity (Wildman–Crippen MR) is 149 cm³/mol. The Kier molecular flexibility index (Phi) is 7.63. The summed E-state index contributed by atoms with van der Waals surface area (Å²) in [7, 11) is 1.56. The number of imide groups is 1. The lowest BCUT2D eigenvalue weighted by molar-refractivity contribution is -0.151. The number of carbonyl (C=O) groups excluding carboxylic acids is 3. The summed E-state index contributed by atoms with van der Waals surface area (Å²) in [5.74, 6) is -0.652. The second kappa shape index (κ2) is 11.0. The van der Waals surface area contributed by atoms with Crippen molar-refractivity contribution >= 4 is 28.9 Å². The number of para-hydroxylation sites is 1. The number of H-pyrrole nitrogens is 1. The van der Waals surface area contributed by atoms with Crippen molar-refractivity contribution in [3.8, 4) is 5.75 Å². The van der Waals surface area contributed by atoms with Gasteiger partial charge in [0.05, 0.1) is 31.2 Å². The van der Waals surface area contributed by atoms with Crippen LogP contribution in [0.1, 0.15) is 63.1 Å². The van der Waals surface area contributed by atoms with Crippen LogP contribution in [-0.4, -0.2) is 69.2 Å². The summed E-state index contributed by atoms with van der Waals surface area (Å²) in [4.78, 5) is 57.5.